The highest BCUT2D eigenvalue weighted by Crippen LogP contribution is 2.42. The van der Waals surface area contributed by atoms with Crippen LogP contribution in [0.25, 0.3) is 0 Å². The molecule has 1 aliphatic carbocycles. The van der Waals surface area contributed by atoms with Crippen molar-refractivity contribution in [2.45, 2.75) is 51.9 Å². The van der Waals surface area contributed by atoms with E-state index >= 15 is 0 Å². The van der Waals surface area contributed by atoms with Gasteiger partial charge in [-0.1, -0.05) is 63.9 Å². The maximum Gasteiger partial charge on any atom is -0.00752 e. The highest BCUT2D eigenvalue weighted by molar-refractivity contribution is 5.24. The van der Waals surface area contributed by atoms with E-state index in [4.69, 9.17) is 0 Å². The molecule has 1 aliphatic rings. The Balaban J connectivity index is 2.18. The SMILES string of the molecule is CC1CCCC(C(C)(C)c2ccccc2)C1. The highest BCUT2D eigenvalue weighted by Gasteiger charge is 2.33. The fourth-order valence-electron chi connectivity index (χ4n) is 3.19. The third-order valence-electron chi connectivity index (χ3n) is 4.47. The molecule has 0 aromatic heterocycles. The van der Waals surface area contributed by atoms with Gasteiger partial charge >= 0.3 is 0 Å². The van der Waals surface area contributed by atoms with Crippen molar-refractivity contribution in [1.29, 1.82) is 0 Å². The normalized spacial score (nSPS) is 26.7. The second kappa shape index (κ2) is 4.61. The van der Waals surface area contributed by atoms with E-state index in [9.17, 15) is 0 Å². The first-order chi connectivity index (χ1) is 7.60. The van der Waals surface area contributed by atoms with Gasteiger partial charge < -0.3 is 0 Å². The Hall–Kier alpha value is -0.780. The summed E-state index contributed by atoms with van der Waals surface area (Å²) in [4.78, 5) is 0. The van der Waals surface area contributed by atoms with Crippen molar-refractivity contribution >= 4 is 0 Å². The van der Waals surface area contributed by atoms with Gasteiger partial charge in [0.05, 0.1) is 0 Å². The molecule has 0 spiro atoms. The lowest BCUT2D eigenvalue weighted by atomic mass is 9.65. The second-order valence-electron chi connectivity index (χ2n) is 6.06. The first-order valence-corrected chi connectivity index (χ1v) is 6.66. The largest absolute Gasteiger partial charge is 0.0625 e. The first-order valence-electron chi connectivity index (χ1n) is 6.66. The smallest absolute Gasteiger partial charge is 0.00752 e. The van der Waals surface area contributed by atoms with E-state index in [0.29, 0.717) is 5.41 Å². The lowest BCUT2D eigenvalue weighted by Crippen LogP contribution is -2.32. The molecule has 1 aromatic carbocycles. The Morgan fingerprint density at radius 2 is 1.75 bits per heavy atom. The topological polar surface area (TPSA) is 0 Å². The van der Waals surface area contributed by atoms with Crippen LogP contribution in [0, 0.1) is 11.8 Å². The molecule has 0 bridgehead atoms. The molecule has 0 amide bonds. The molecule has 0 nitrogen and oxygen atoms in total. The monoisotopic (exact) mass is 216 g/mol. The van der Waals surface area contributed by atoms with E-state index in [0.717, 1.165) is 11.8 Å². The molecule has 0 heterocycles. The third-order valence-corrected chi connectivity index (χ3v) is 4.47. The van der Waals surface area contributed by atoms with Crippen molar-refractivity contribution in [3.63, 3.8) is 0 Å². The Morgan fingerprint density at radius 1 is 1.06 bits per heavy atom. The fraction of sp³-hybridized carbons (Fsp3) is 0.625. The van der Waals surface area contributed by atoms with Gasteiger partial charge in [0, 0.05) is 0 Å². The second-order valence-corrected chi connectivity index (χ2v) is 6.06. The molecule has 0 N–H and O–H groups in total. The van der Waals surface area contributed by atoms with Crippen LogP contribution in [0.3, 0.4) is 0 Å². The maximum absolute atomic E-state index is 2.42. The molecule has 1 saturated carbocycles. The minimum Gasteiger partial charge on any atom is -0.0625 e. The summed E-state index contributed by atoms with van der Waals surface area (Å²) < 4.78 is 0. The molecule has 0 heteroatoms. The van der Waals surface area contributed by atoms with Gasteiger partial charge in [-0.25, -0.2) is 0 Å². The van der Waals surface area contributed by atoms with Crippen molar-refractivity contribution < 1.29 is 0 Å². The maximum atomic E-state index is 2.42. The molecule has 1 aromatic rings. The quantitative estimate of drug-likeness (QED) is 0.666. The van der Waals surface area contributed by atoms with Gasteiger partial charge in [0.1, 0.15) is 0 Å². The Bertz CT molecular complexity index is 323. The van der Waals surface area contributed by atoms with E-state index in [1.54, 1.807) is 0 Å². The Labute approximate surface area is 100 Å². The lowest BCUT2D eigenvalue weighted by molar-refractivity contribution is 0.194. The summed E-state index contributed by atoms with van der Waals surface area (Å²) in [5.41, 5.74) is 1.85. The molecule has 0 saturated heterocycles. The van der Waals surface area contributed by atoms with Crippen LogP contribution in [0.5, 0.6) is 0 Å². The number of benzene rings is 1. The zero-order chi connectivity index (χ0) is 11.6. The molecule has 88 valence electrons. The van der Waals surface area contributed by atoms with Crippen LogP contribution in [0.15, 0.2) is 30.3 Å². The van der Waals surface area contributed by atoms with Crippen LogP contribution < -0.4 is 0 Å². The summed E-state index contributed by atoms with van der Waals surface area (Å²) in [7, 11) is 0. The molecule has 0 aliphatic heterocycles. The van der Waals surface area contributed by atoms with Crippen molar-refractivity contribution in [3.05, 3.63) is 35.9 Å². The van der Waals surface area contributed by atoms with Gasteiger partial charge in [0.2, 0.25) is 0 Å². The molecular weight excluding hydrogens is 192 g/mol. The molecule has 2 unspecified atom stereocenters. The van der Waals surface area contributed by atoms with E-state index in [2.05, 4.69) is 51.1 Å². The Morgan fingerprint density at radius 3 is 2.38 bits per heavy atom. The van der Waals surface area contributed by atoms with Gasteiger partial charge in [-0.05, 0) is 35.7 Å². The van der Waals surface area contributed by atoms with Crippen molar-refractivity contribution in [2.75, 3.05) is 0 Å². The molecule has 1 fully saturated rings. The predicted molar refractivity (Wildman–Crippen MR) is 70.6 cm³/mol. The van der Waals surface area contributed by atoms with Crippen molar-refractivity contribution in [3.8, 4) is 0 Å². The predicted octanol–water partition coefficient (Wildman–Crippen LogP) is 4.79. The summed E-state index contributed by atoms with van der Waals surface area (Å²) >= 11 is 0. The zero-order valence-electron chi connectivity index (χ0n) is 10.9. The van der Waals surface area contributed by atoms with Crippen LogP contribution in [0.4, 0.5) is 0 Å². The number of hydrogen-bond acceptors (Lipinski definition) is 0. The summed E-state index contributed by atoms with van der Waals surface area (Å²) in [6.07, 6.45) is 5.66. The average molecular weight is 216 g/mol. The summed E-state index contributed by atoms with van der Waals surface area (Å²) in [5.74, 6) is 1.78. The van der Waals surface area contributed by atoms with Crippen molar-refractivity contribution in [1.82, 2.24) is 0 Å². The van der Waals surface area contributed by atoms with E-state index < -0.39 is 0 Å². The van der Waals surface area contributed by atoms with Gasteiger partial charge in [0.25, 0.3) is 0 Å². The lowest BCUT2D eigenvalue weighted by Gasteiger charge is -2.39. The molecule has 2 atom stereocenters. The first kappa shape index (κ1) is 11.7. The summed E-state index contributed by atoms with van der Waals surface area (Å²) in [6, 6.07) is 11.0. The standard InChI is InChI=1S/C16H24/c1-13-8-7-11-15(12-13)16(2,3)14-9-5-4-6-10-14/h4-6,9-10,13,15H,7-8,11-12H2,1-3H3. The fourth-order valence-corrected chi connectivity index (χ4v) is 3.19. The Kier molecular flexibility index (Phi) is 3.37. The van der Waals surface area contributed by atoms with Crippen LogP contribution in [-0.4, -0.2) is 0 Å². The van der Waals surface area contributed by atoms with E-state index in [1.165, 1.54) is 31.2 Å². The van der Waals surface area contributed by atoms with Crippen LogP contribution in [-0.2, 0) is 5.41 Å². The van der Waals surface area contributed by atoms with Crippen LogP contribution >= 0.6 is 0 Å². The van der Waals surface area contributed by atoms with Crippen LogP contribution in [0.1, 0.15) is 52.0 Å². The van der Waals surface area contributed by atoms with E-state index in [-0.39, 0.29) is 0 Å². The third kappa shape index (κ3) is 2.31. The highest BCUT2D eigenvalue weighted by atomic mass is 14.4. The molecular formula is C16H24. The molecule has 16 heavy (non-hydrogen) atoms. The molecule has 2 rings (SSSR count). The van der Waals surface area contributed by atoms with Gasteiger partial charge in [0.15, 0.2) is 0 Å². The zero-order valence-corrected chi connectivity index (χ0v) is 10.9. The average Bonchev–Trinajstić information content (AvgIpc) is 2.30. The van der Waals surface area contributed by atoms with E-state index in [1.807, 2.05) is 0 Å². The van der Waals surface area contributed by atoms with Crippen LogP contribution in [0.2, 0.25) is 0 Å². The van der Waals surface area contributed by atoms with Gasteiger partial charge in [-0.3, -0.25) is 0 Å². The number of rotatable bonds is 2. The summed E-state index contributed by atoms with van der Waals surface area (Å²) in [6.45, 7) is 7.25. The summed E-state index contributed by atoms with van der Waals surface area (Å²) in [5, 5.41) is 0. The van der Waals surface area contributed by atoms with Crippen molar-refractivity contribution in [2.24, 2.45) is 11.8 Å². The number of hydrogen-bond donors (Lipinski definition) is 0. The minimum absolute atomic E-state index is 0.343. The van der Waals surface area contributed by atoms with Gasteiger partial charge in [-0.15, -0.1) is 0 Å². The van der Waals surface area contributed by atoms with Gasteiger partial charge in [-0.2, -0.15) is 0 Å². The minimum atomic E-state index is 0.343. The molecule has 0 radical (unpaired) electrons.